The number of nitrogens with zero attached hydrogens (tertiary/aromatic N) is 3. The number of phenolic OH excluding ortho intramolecular Hbond substituents is 2. The monoisotopic (exact) mass is 461 g/mol. The minimum absolute atomic E-state index is 0.358. The molecule has 1 heterocycles. The lowest BCUT2D eigenvalue weighted by Gasteiger charge is -2.32. The first-order valence-corrected chi connectivity index (χ1v) is 10.9. The third-order valence-electron chi connectivity index (χ3n) is 5.63. The summed E-state index contributed by atoms with van der Waals surface area (Å²) in [6, 6.07) is 8.02. The number of rotatable bonds is 6. The van der Waals surface area contributed by atoms with E-state index in [1.165, 1.54) is 0 Å². The Kier molecular flexibility index (Phi) is 7.22. The van der Waals surface area contributed by atoms with Crippen LogP contribution >= 0.6 is 15.9 Å². The molecule has 0 radical (unpaired) electrons. The normalized spacial score (nSPS) is 15.9. The van der Waals surface area contributed by atoms with Gasteiger partial charge in [-0.05, 0) is 45.6 Å². The first-order chi connectivity index (χ1) is 13.7. The van der Waals surface area contributed by atoms with Crippen LogP contribution < -0.4 is 0 Å². The van der Waals surface area contributed by atoms with E-state index in [1.807, 2.05) is 45.2 Å². The van der Waals surface area contributed by atoms with Crippen molar-refractivity contribution in [2.24, 2.45) is 0 Å². The van der Waals surface area contributed by atoms with Crippen LogP contribution in [-0.4, -0.2) is 65.2 Å². The summed E-state index contributed by atoms with van der Waals surface area (Å²) >= 11 is 3.61. The van der Waals surface area contributed by atoms with Gasteiger partial charge >= 0.3 is 0 Å². The molecule has 1 saturated heterocycles. The van der Waals surface area contributed by atoms with Crippen molar-refractivity contribution in [1.29, 1.82) is 0 Å². The van der Waals surface area contributed by atoms with Gasteiger partial charge in [-0.15, -0.1) is 0 Å². The van der Waals surface area contributed by atoms with Crippen LogP contribution in [0.3, 0.4) is 0 Å². The zero-order chi connectivity index (χ0) is 21.1. The summed E-state index contributed by atoms with van der Waals surface area (Å²) in [5.74, 6) is 0.736. The number of piperazine rings is 1. The first-order valence-electron chi connectivity index (χ1n) is 10.1. The predicted octanol–water partition coefficient (Wildman–Crippen LogP) is 3.86. The number of hydrogen-bond acceptors (Lipinski definition) is 5. The summed E-state index contributed by atoms with van der Waals surface area (Å²) in [5.41, 5.74) is 4.81. The molecule has 0 bridgehead atoms. The quantitative estimate of drug-likeness (QED) is 0.683. The van der Waals surface area contributed by atoms with Crippen molar-refractivity contribution in [3.05, 3.63) is 56.6 Å². The summed E-state index contributed by atoms with van der Waals surface area (Å²) in [6.45, 7) is 10.1. The summed E-state index contributed by atoms with van der Waals surface area (Å²) in [6.07, 6.45) is 0. The van der Waals surface area contributed by atoms with Crippen LogP contribution in [0.15, 0.2) is 28.7 Å². The lowest BCUT2D eigenvalue weighted by Crippen LogP contribution is -2.43. The third kappa shape index (κ3) is 5.72. The van der Waals surface area contributed by atoms with Crippen LogP contribution in [-0.2, 0) is 19.6 Å². The Morgan fingerprint density at radius 2 is 1.48 bits per heavy atom. The topological polar surface area (TPSA) is 50.2 Å². The molecule has 0 atom stereocenters. The molecule has 0 unspecified atom stereocenters. The van der Waals surface area contributed by atoms with Crippen LogP contribution in [0, 0.1) is 13.8 Å². The molecule has 0 saturated carbocycles. The highest BCUT2D eigenvalue weighted by Gasteiger charge is 2.18. The first kappa shape index (κ1) is 22.1. The van der Waals surface area contributed by atoms with Crippen LogP contribution in [0.2, 0.25) is 0 Å². The minimum Gasteiger partial charge on any atom is -0.507 e. The molecule has 2 aromatic carbocycles. The van der Waals surface area contributed by atoms with Gasteiger partial charge in [0.15, 0.2) is 0 Å². The molecular formula is C23H32BrN3O2. The Hall–Kier alpha value is -1.60. The highest BCUT2D eigenvalue weighted by atomic mass is 79.9. The summed E-state index contributed by atoms with van der Waals surface area (Å²) in [7, 11) is 4.16. The molecule has 0 aromatic heterocycles. The molecule has 5 nitrogen and oxygen atoms in total. The fraction of sp³-hybridized carbons (Fsp3) is 0.478. The minimum atomic E-state index is 0.358. The maximum Gasteiger partial charge on any atom is 0.124 e. The van der Waals surface area contributed by atoms with Crippen molar-refractivity contribution in [2.75, 3.05) is 40.3 Å². The maximum atomic E-state index is 10.9. The van der Waals surface area contributed by atoms with E-state index in [-0.39, 0.29) is 0 Å². The van der Waals surface area contributed by atoms with E-state index < -0.39 is 0 Å². The molecule has 29 heavy (non-hydrogen) atoms. The van der Waals surface area contributed by atoms with Crippen molar-refractivity contribution in [3.8, 4) is 11.5 Å². The van der Waals surface area contributed by atoms with Crippen molar-refractivity contribution in [3.63, 3.8) is 0 Å². The molecule has 0 aliphatic carbocycles. The SMILES string of the molecule is Cc1cc(C)c(O)c(CN(C)Cc2cc(Br)cc(CN3CCN(C)CC3)c2O)c1. The maximum absolute atomic E-state index is 10.9. The number of aromatic hydroxyl groups is 2. The van der Waals surface area contributed by atoms with Crippen LogP contribution in [0.5, 0.6) is 11.5 Å². The van der Waals surface area contributed by atoms with Crippen LogP contribution in [0.4, 0.5) is 0 Å². The Balaban J connectivity index is 1.73. The Labute approximate surface area is 182 Å². The third-order valence-corrected chi connectivity index (χ3v) is 6.08. The van der Waals surface area contributed by atoms with Gasteiger partial charge in [0.2, 0.25) is 0 Å². The zero-order valence-corrected chi connectivity index (χ0v) is 19.5. The summed E-state index contributed by atoms with van der Waals surface area (Å²) in [5, 5.41) is 21.3. The van der Waals surface area contributed by atoms with Gasteiger partial charge in [0.05, 0.1) is 0 Å². The van der Waals surface area contributed by atoms with Gasteiger partial charge in [0, 0.05) is 67.0 Å². The van der Waals surface area contributed by atoms with Gasteiger partial charge < -0.3 is 15.1 Å². The molecule has 0 spiro atoms. The fourth-order valence-corrected chi connectivity index (χ4v) is 4.56. The van der Waals surface area contributed by atoms with Crippen molar-refractivity contribution < 1.29 is 10.2 Å². The van der Waals surface area contributed by atoms with Crippen LogP contribution in [0.1, 0.15) is 27.8 Å². The summed E-state index contributed by atoms with van der Waals surface area (Å²) < 4.78 is 0.983. The Bertz CT molecular complexity index is 864. The Morgan fingerprint density at radius 3 is 2.14 bits per heavy atom. The van der Waals surface area contributed by atoms with Crippen LogP contribution in [0.25, 0.3) is 0 Å². The number of aryl methyl sites for hydroxylation is 2. The van der Waals surface area contributed by atoms with Crippen molar-refractivity contribution in [2.45, 2.75) is 33.5 Å². The molecule has 6 heteroatoms. The standard InChI is InChI=1S/C23H32BrN3O2/c1-16-9-17(2)22(28)18(10-16)13-26(4)14-19-11-21(24)12-20(23(19)29)15-27-7-5-25(3)6-8-27/h9-12,28-29H,5-8,13-15H2,1-4H3. The van der Waals surface area contributed by atoms with Crippen molar-refractivity contribution in [1.82, 2.24) is 14.7 Å². The number of benzene rings is 2. The molecule has 1 aliphatic heterocycles. The van der Waals surface area contributed by atoms with E-state index in [2.05, 4.69) is 37.7 Å². The molecule has 1 fully saturated rings. The van der Waals surface area contributed by atoms with Gasteiger partial charge in [0.1, 0.15) is 11.5 Å². The lowest BCUT2D eigenvalue weighted by atomic mass is 10.0. The van der Waals surface area contributed by atoms with Gasteiger partial charge in [-0.25, -0.2) is 0 Å². The second-order valence-corrected chi connectivity index (χ2v) is 9.33. The van der Waals surface area contributed by atoms with E-state index in [9.17, 15) is 10.2 Å². The summed E-state index contributed by atoms with van der Waals surface area (Å²) in [4.78, 5) is 6.84. The predicted molar refractivity (Wildman–Crippen MR) is 121 cm³/mol. The highest BCUT2D eigenvalue weighted by molar-refractivity contribution is 9.10. The molecule has 3 rings (SSSR count). The smallest absolute Gasteiger partial charge is 0.124 e. The van der Waals surface area contributed by atoms with Gasteiger partial charge in [0.25, 0.3) is 0 Å². The van der Waals surface area contributed by atoms with Gasteiger partial charge in [-0.1, -0.05) is 33.6 Å². The lowest BCUT2D eigenvalue weighted by molar-refractivity contribution is 0.147. The second-order valence-electron chi connectivity index (χ2n) is 8.41. The molecule has 0 amide bonds. The van der Waals surface area contributed by atoms with Gasteiger partial charge in [-0.3, -0.25) is 9.80 Å². The zero-order valence-electron chi connectivity index (χ0n) is 17.9. The fourth-order valence-electron chi connectivity index (χ4n) is 4.01. The average molecular weight is 462 g/mol. The molecule has 158 valence electrons. The largest absolute Gasteiger partial charge is 0.507 e. The molecule has 2 N–H and O–H groups in total. The Morgan fingerprint density at radius 1 is 0.897 bits per heavy atom. The van der Waals surface area contributed by atoms with E-state index >= 15 is 0 Å². The van der Waals surface area contributed by atoms with Crippen molar-refractivity contribution >= 4 is 15.9 Å². The van der Waals surface area contributed by atoms with Gasteiger partial charge in [-0.2, -0.15) is 0 Å². The van der Waals surface area contributed by atoms with E-state index in [4.69, 9.17) is 0 Å². The molecular weight excluding hydrogens is 430 g/mol. The highest BCUT2D eigenvalue weighted by Crippen LogP contribution is 2.31. The van der Waals surface area contributed by atoms with E-state index in [0.29, 0.717) is 24.6 Å². The number of phenols is 2. The molecule has 2 aromatic rings. The second kappa shape index (κ2) is 9.47. The average Bonchev–Trinajstić information content (AvgIpc) is 2.65. The number of hydrogen-bond donors (Lipinski definition) is 2. The molecule has 1 aliphatic rings. The number of halogens is 1. The number of likely N-dealkylation sites (N-methyl/N-ethyl adjacent to an activating group) is 1. The van der Waals surface area contributed by atoms with E-state index in [1.54, 1.807) is 0 Å². The van der Waals surface area contributed by atoms with E-state index in [0.717, 1.165) is 65.0 Å².